The number of anilines is 1. The summed E-state index contributed by atoms with van der Waals surface area (Å²) in [6, 6.07) is 18.1. The third kappa shape index (κ3) is 4.78. The van der Waals surface area contributed by atoms with Gasteiger partial charge in [-0.3, -0.25) is 24.8 Å². The smallest absolute Gasteiger partial charge is 0.270 e. The molecule has 1 saturated heterocycles. The first-order chi connectivity index (χ1) is 15.0. The van der Waals surface area contributed by atoms with Crippen molar-refractivity contribution in [1.29, 1.82) is 0 Å². The van der Waals surface area contributed by atoms with Crippen LogP contribution in [0.1, 0.15) is 18.5 Å². The van der Waals surface area contributed by atoms with Gasteiger partial charge in [-0.15, -0.1) is 0 Å². The third-order valence-corrected chi connectivity index (χ3v) is 5.47. The second-order valence-electron chi connectivity index (χ2n) is 7.72. The van der Waals surface area contributed by atoms with Gasteiger partial charge < -0.3 is 5.32 Å². The average molecular weight is 416 g/mol. The van der Waals surface area contributed by atoms with E-state index in [9.17, 15) is 14.9 Å². The molecule has 1 N–H and O–H groups in total. The van der Waals surface area contributed by atoms with Crippen molar-refractivity contribution < 1.29 is 9.72 Å². The number of carbonyl (C=O) groups excluding carboxylic acids is 1. The molecular weight excluding hydrogens is 392 g/mol. The number of aryl methyl sites for hydroxylation is 1. The summed E-state index contributed by atoms with van der Waals surface area (Å²) in [4.78, 5) is 30.5. The Morgan fingerprint density at radius 3 is 2.48 bits per heavy atom. The molecule has 0 bridgehead atoms. The zero-order valence-electron chi connectivity index (χ0n) is 17.4. The first kappa shape index (κ1) is 20.7. The zero-order valence-corrected chi connectivity index (χ0v) is 17.4. The van der Waals surface area contributed by atoms with Crippen molar-refractivity contribution in [3.8, 4) is 22.4 Å². The van der Waals surface area contributed by atoms with Crippen LogP contribution in [0.2, 0.25) is 0 Å². The lowest BCUT2D eigenvalue weighted by molar-refractivity contribution is -0.384. The molecule has 0 radical (unpaired) electrons. The monoisotopic (exact) mass is 416 g/mol. The zero-order chi connectivity index (χ0) is 21.8. The molecule has 3 aromatic rings. The molecule has 0 aliphatic carbocycles. The quantitative estimate of drug-likeness (QED) is 0.466. The van der Waals surface area contributed by atoms with Crippen molar-refractivity contribution in [2.75, 3.05) is 25.0 Å². The van der Waals surface area contributed by atoms with Crippen molar-refractivity contribution in [1.82, 2.24) is 9.88 Å². The molecule has 1 fully saturated rings. The standard InChI is InChI=1S/C24H24N4O3/c1-17-24(26-23(29)16-27-12-5-6-13-27)21(19-10-7-11-20(14-19)28(30)31)15-22(25-17)18-8-3-2-4-9-18/h2-4,7-11,14-15H,5-6,12-13,16H2,1H3,(H,26,29). The van der Waals surface area contributed by atoms with Crippen LogP contribution in [0.15, 0.2) is 60.7 Å². The van der Waals surface area contributed by atoms with Gasteiger partial charge in [0.2, 0.25) is 5.91 Å². The molecule has 0 spiro atoms. The third-order valence-electron chi connectivity index (χ3n) is 5.47. The minimum atomic E-state index is -0.415. The van der Waals surface area contributed by atoms with Crippen LogP contribution in [0, 0.1) is 17.0 Å². The van der Waals surface area contributed by atoms with Crippen LogP contribution in [0.25, 0.3) is 22.4 Å². The molecule has 31 heavy (non-hydrogen) atoms. The first-order valence-electron chi connectivity index (χ1n) is 10.4. The highest BCUT2D eigenvalue weighted by atomic mass is 16.6. The number of nitrogens with one attached hydrogen (secondary N) is 1. The average Bonchev–Trinajstić information content (AvgIpc) is 3.28. The first-order valence-corrected chi connectivity index (χ1v) is 10.4. The van der Waals surface area contributed by atoms with E-state index in [0.717, 1.165) is 37.2 Å². The number of nitro benzene ring substituents is 1. The number of pyridine rings is 1. The van der Waals surface area contributed by atoms with E-state index in [1.807, 2.05) is 49.4 Å². The van der Waals surface area contributed by atoms with Crippen molar-refractivity contribution in [3.05, 3.63) is 76.5 Å². The van der Waals surface area contributed by atoms with E-state index in [1.165, 1.54) is 12.1 Å². The van der Waals surface area contributed by atoms with E-state index in [-0.39, 0.29) is 11.6 Å². The summed E-state index contributed by atoms with van der Waals surface area (Å²) in [5, 5.41) is 14.3. The lowest BCUT2D eigenvalue weighted by atomic mass is 9.99. The summed E-state index contributed by atoms with van der Waals surface area (Å²) in [5.74, 6) is -0.106. The molecule has 1 aliphatic heterocycles. The SMILES string of the molecule is Cc1nc(-c2ccccc2)cc(-c2cccc([N+](=O)[O-])c2)c1NC(=O)CN1CCCC1. The largest absolute Gasteiger partial charge is 0.323 e. The summed E-state index contributed by atoms with van der Waals surface area (Å²) in [5.41, 5.74) is 4.31. The number of hydrogen-bond donors (Lipinski definition) is 1. The van der Waals surface area contributed by atoms with Gasteiger partial charge in [0.1, 0.15) is 0 Å². The van der Waals surface area contributed by atoms with Gasteiger partial charge in [0.05, 0.1) is 28.5 Å². The molecule has 1 aliphatic rings. The van der Waals surface area contributed by atoms with Crippen LogP contribution < -0.4 is 5.32 Å². The molecule has 1 aromatic heterocycles. The molecule has 2 aromatic carbocycles. The Bertz CT molecular complexity index is 1110. The Morgan fingerprint density at radius 1 is 1.06 bits per heavy atom. The molecular formula is C24H24N4O3. The highest BCUT2D eigenvalue weighted by Gasteiger charge is 2.20. The Balaban J connectivity index is 1.76. The van der Waals surface area contributed by atoms with Gasteiger partial charge in [0.25, 0.3) is 5.69 Å². The van der Waals surface area contributed by atoms with Crippen LogP contribution in [0.3, 0.4) is 0 Å². The highest BCUT2D eigenvalue weighted by molar-refractivity contribution is 5.98. The Morgan fingerprint density at radius 2 is 1.77 bits per heavy atom. The lowest BCUT2D eigenvalue weighted by Gasteiger charge is -2.18. The van der Waals surface area contributed by atoms with Crippen LogP contribution in [-0.2, 0) is 4.79 Å². The van der Waals surface area contributed by atoms with E-state index >= 15 is 0 Å². The normalized spacial score (nSPS) is 13.8. The summed E-state index contributed by atoms with van der Waals surface area (Å²) in [6.45, 7) is 4.03. The number of carbonyl (C=O) groups is 1. The van der Waals surface area contributed by atoms with Gasteiger partial charge in [-0.1, -0.05) is 42.5 Å². The van der Waals surface area contributed by atoms with Crippen LogP contribution in [0.5, 0.6) is 0 Å². The van der Waals surface area contributed by atoms with Gasteiger partial charge in [-0.2, -0.15) is 0 Å². The topological polar surface area (TPSA) is 88.4 Å². The Labute approximate surface area is 180 Å². The van der Waals surface area contributed by atoms with E-state index < -0.39 is 4.92 Å². The van der Waals surface area contributed by atoms with E-state index in [2.05, 4.69) is 10.2 Å². The van der Waals surface area contributed by atoms with Crippen LogP contribution >= 0.6 is 0 Å². The molecule has 0 saturated carbocycles. The van der Waals surface area contributed by atoms with E-state index in [4.69, 9.17) is 4.98 Å². The molecule has 158 valence electrons. The summed E-state index contributed by atoms with van der Waals surface area (Å²) >= 11 is 0. The fourth-order valence-electron chi connectivity index (χ4n) is 3.92. The summed E-state index contributed by atoms with van der Waals surface area (Å²) in [7, 11) is 0. The number of nitrogens with zero attached hydrogens (tertiary/aromatic N) is 3. The van der Waals surface area contributed by atoms with E-state index in [0.29, 0.717) is 29.1 Å². The minimum absolute atomic E-state index is 0.00238. The predicted molar refractivity (Wildman–Crippen MR) is 121 cm³/mol. The second kappa shape index (κ2) is 9.06. The Kier molecular flexibility index (Phi) is 6.04. The fourth-order valence-corrected chi connectivity index (χ4v) is 3.92. The minimum Gasteiger partial charge on any atom is -0.323 e. The van der Waals surface area contributed by atoms with Gasteiger partial charge in [-0.05, 0) is 44.5 Å². The molecule has 0 atom stereocenters. The number of likely N-dealkylation sites (tertiary alicyclic amines) is 1. The van der Waals surface area contributed by atoms with E-state index in [1.54, 1.807) is 6.07 Å². The van der Waals surface area contributed by atoms with Gasteiger partial charge in [0, 0.05) is 23.3 Å². The number of rotatable bonds is 6. The van der Waals surface area contributed by atoms with Crippen molar-refractivity contribution in [3.63, 3.8) is 0 Å². The molecule has 0 unspecified atom stereocenters. The highest BCUT2D eigenvalue weighted by Crippen LogP contribution is 2.35. The number of benzene rings is 2. The molecule has 2 heterocycles. The maximum atomic E-state index is 12.7. The Hall–Kier alpha value is -3.58. The molecule has 1 amide bonds. The van der Waals surface area contributed by atoms with Crippen molar-refractivity contribution in [2.45, 2.75) is 19.8 Å². The maximum absolute atomic E-state index is 12.7. The fraction of sp³-hybridized carbons (Fsp3) is 0.250. The van der Waals surface area contributed by atoms with Gasteiger partial charge in [0.15, 0.2) is 0 Å². The summed E-state index contributed by atoms with van der Waals surface area (Å²) in [6.07, 6.45) is 2.22. The summed E-state index contributed by atoms with van der Waals surface area (Å²) < 4.78 is 0. The maximum Gasteiger partial charge on any atom is 0.270 e. The predicted octanol–water partition coefficient (Wildman–Crippen LogP) is 4.67. The number of nitro groups is 1. The van der Waals surface area contributed by atoms with Crippen molar-refractivity contribution >= 4 is 17.3 Å². The molecule has 7 nitrogen and oxygen atoms in total. The van der Waals surface area contributed by atoms with Crippen LogP contribution in [0.4, 0.5) is 11.4 Å². The number of hydrogen-bond acceptors (Lipinski definition) is 5. The van der Waals surface area contributed by atoms with Crippen LogP contribution in [-0.4, -0.2) is 40.3 Å². The number of non-ortho nitro benzene ring substituents is 1. The van der Waals surface area contributed by atoms with Gasteiger partial charge >= 0.3 is 0 Å². The van der Waals surface area contributed by atoms with Crippen molar-refractivity contribution in [2.24, 2.45) is 0 Å². The number of aromatic nitrogens is 1. The van der Waals surface area contributed by atoms with Gasteiger partial charge in [-0.25, -0.2) is 0 Å². The lowest BCUT2D eigenvalue weighted by Crippen LogP contribution is -2.31. The number of amides is 1. The molecule has 4 rings (SSSR count). The molecule has 7 heteroatoms. The second-order valence-corrected chi connectivity index (χ2v) is 7.72.